The first-order valence-corrected chi connectivity index (χ1v) is 5.23. The van der Waals surface area contributed by atoms with Crippen molar-refractivity contribution in [2.45, 2.75) is 18.9 Å². The summed E-state index contributed by atoms with van der Waals surface area (Å²) in [6.45, 7) is 1.89. The molecule has 15 heavy (non-hydrogen) atoms. The van der Waals surface area contributed by atoms with Crippen LogP contribution in [-0.4, -0.2) is 30.0 Å². The van der Waals surface area contributed by atoms with E-state index in [0.717, 1.165) is 25.1 Å². The molecule has 1 fully saturated rings. The average Bonchev–Trinajstić information content (AvgIpc) is 2.71. The smallest absolute Gasteiger partial charge is 0.224 e. The lowest BCUT2D eigenvalue weighted by atomic mass is 10.2. The van der Waals surface area contributed by atoms with Crippen LogP contribution in [0.1, 0.15) is 12.0 Å². The Morgan fingerprint density at radius 2 is 2.33 bits per heavy atom. The lowest BCUT2D eigenvalue weighted by molar-refractivity contribution is -0.121. The van der Waals surface area contributed by atoms with Crippen molar-refractivity contribution in [3.63, 3.8) is 0 Å². The fraction of sp³-hybridized carbons (Fsp3) is 0.455. The number of rotatable bonds is 3. The predicted octanol–water partition coefficient (Wildman–Crippen LogP) is 0.102. The molecule has 4 heteroatoms. The highest BCUT2D eigenvalue weighted by Gasteiger charge is 2.16. The molecule has 0 saturated carbocycles. The van der Waals surface area contributed by atoms with Crippen LogP contribution in [-0.2, 0) is 11.2 Å². The summed E-state index contributed by atoms with van der Waals surface area (Å²) >= 11 is 0. The maximum Gasteiger partial charge on any atom is 0.224 e. The number of pyridine rings is 1. The van der Waals surface area contributed by atoms with Gasteiger partial charge in [0.05, 0.1) is 6.42 Å². The average molecular weight is 205 g/mol. The zero-order chi connectivity index (χ0) is 10.5. The summed E-state index contributed by atoms with van der Waals surface area (Å²) in [6, 6.07) is 4.04. The minimum atomic E-state index is 0.0925. The summed E-state index contributed by atoms with van der Waals surface area (Å²) < 4.78 is 0. The van der Waals surface area contributed by atoms with Crippen molar-refractivity contribution in [2.75, 3.05) is 13.1 Å². The van der Waals surface area contributed by atoms with Gasteiger partial charge in [0.1, 0.15) is 0 Å². The van der Waals surface area contributed by atoms with Crippen LogP contribution in [0.3, 0.4) is 0 Å². The molecule has 0 aromatic carbocycles. The first-order valence-electron chi connectivity index (χ1n) is 5.23. The molecule has 0 bridgehead atoms. The number of nitrogens with one attached hydrogen (secondary N) is 2. The maximum atomic E-state index is 11.6. The molecular formula is C11H15N3O. The van der Waals surface area contributed by atoms with Crippen molar-refractivity contribution in [1.82, 2.24) is 15.6 Å². The van der Waals surface area contributed by atoms with Gasteiger partial charge in [-0.3, -0.25) is 9.78 Å². The van der Waals surface area contributed by atoms with Gasteiger partial charge in [-0.15, -0.1) is 0 Å². The van der Waals surface area contributed by atoms with Gasteiger partial charge in [-0.25, -0.2) is 0 Å². The van der Waals surface area contributed by atoms with Gasteiger partial charge in [0, 0.05) is 25.0 Å². The Kier molecular flexibility index (Phi) is 3.29. The molecule has 0 spiro atoms. The molecule has 0 unspecified atom stereocenters. The third-order valence-electron chi connectivity index (χ3n) is 2.54. The second-order valence-corrected chi connectivity index (χ2v) is 3.79. The normalized spacial score (nSPS) is 20.1. The first-order chi connectivity index (χ1) is 7.34. The molecule has 4 nitrogen and oxygen atoms in total. The second kappa shape index (κ2) is 4.89. The number of amides is 1. The van der Waals surface area contributed by atoms with E-state index < -0.39 is 0 Å². The highest BCUT2D eigenvalue weighted by Crippen LogP contribution is 2.00. The summed E-state index contributed by atoms with van der Waals surface area (Å²) in [5, 5.41) is 6.22. The Morgan fingerprint density at radius 1 is 1.53 bits per heavy atom. The van der Waals surface area contributed by atoms with Crippen molar-refractivity contribution in [3.8, 4) is 0 Å². The summed E-state index contributed by atoms with van der Waals surface area (Å²) in [5.41, 5.74) is 1.01. The summed E-state index contributed by atoms with van der Waals surface area (Å²) in [5.74, 6) is 0.0925. The molecule has 1 atom stereocenters. The van der Waals surface area contributed by atoms with Gasteiger partial charge < -0.3 is 10.6 Å². The van der Waals surface area contributed by atoms with Crippen LogP contribution < -0.4 is 10.6 Å². The van der Waals surface area contributed by atoms with E-state index in [9.17, 15) is 4.79 Å². The summed E-state index contributed by atoms with van der Waals surface area (Å²) in [6.07, 6.45) is 4.89. The maximum absolute atomic E-state index is 11.6. The molecule has 1 aromatic heterocycles. The Hall–Kier alpha value is -1.42. The Bertz CT molecular complexity index is 320. The number of carbonyl (C=O) groups is 1. The van der Waals surface area contributed by atoms with Crippen molar-refractivity contribution in [2.24, 2.45) is 0 Å². The lowest BCUT2D eigenvalue weighted by Crippen LogP contribution is -2.37. The Morgan fingerprint density at radius 3 is 3.00 bits per heavy atom. The molecule has 2 heterocycles. The molecule has 1 saturated heterocycles. The van der Waals surface area contributed by atoms with Crippen LogP contribution in [0.5, 0.6) is 0 Å². The van der Waals surface area contributed by atoms with Gasteiger partial charge in [0.25, 0.3) is 0 Å². The van der Waals surface area contributed by atoms with E-state index in [1.54, 1.807) is 12.4 Å². The Balaban J connectivity index is 1.82. The van der Waals surface area contributed by atoms with E-state index in [1.807, 2.05) is 12.1 Å². The van der Waals surface area contributed by atoms with E-state index in [-0.39, 0.29) is 5.91 Å². The zero-order valence-electron chi connectivity index (χ0n) is 8.57. The van der Waals surface area contributed by atoms with Crippen LogP contribution in [0.4, 0.5) is 0 Å². The number of hydrogen-bond acceptors (Lipinski definition) is 3. The topological polar surface area (TPSA) is 54.0 Å². The van der Waals surface area contributed by atoms with Crippen molar-refractivity contribution in [3.05, 3.63) is 30.1 Å². The molecule has 1 aromatic rings. The van der Waals surface area contributed by atoms with Gasteiger partial charge in [-0.1, -0.05) is 0 Å². The zero-order valence-corrected chi connectivity index (χ0v) is 8.57. The SMILES string of the molecule is O=C(Cc1ccncc1)N[C@@H]1CCNC1. The molecule has 2 N–H and O–H groups in total. The van der Waals surface area contributed by atoms with E-state index in [1.165, 1.54) is 0 Å². The van der Waals surface area contributed by atoms with E-state index in [2.05, 4.69) is 15.6 Å². The third kappa shape index (κ3) is 3.02. The van der Waals surface area contributed by atoms with Crippen LogP contribution in [0.25, 0.3) is 0 Å². The second-order valence-electron chi connectivity index (χ2n) is 3.79. The van der Waals surface area contributed by atoms with Gasteiger partial charge in [-0.2, -0.15) is 0 Å². The van der Waals surface area contributed by atoms with Crippen LogP contribution in [0.15, 0.2) is 24.5 Å². The predicted molar refractivity (Wildman–Crippen MR) is 57.4 cm³/mol. The standard InChI is InChI=1S/C11H15N3O/c15-11(14-10-3-6-13-8-10)7-9-1-4-12-5-2-9/h1-2,4-5,10,13H,3,6-8H2,(H,14,15)/t10-/m1/s1. The first kappa shape index (κ1) is 10.1. The van der Waals surface area contributed by atoms with E-state index in [0.29, 0.717) is 12.5 Å². The van der Waals surface area contributed by atoms with Gasteiger partial charge in [-0.05, 0) is 30.7 Å². The summed E-state index contributed by atoms with van der Waals surface area (Å²) in [4.78, 5) is 15.5. The van der Waals surface area contributed by atoms with Crippen molar-refractivity contribution in [1.29, 1.82) is 0 Å². The fourth-order valence-corrected chi connectivity index (χ4v) is 1.74. The molecule has 1 aliphatic rings. The molecule has 0 aliphatic carbocycles. The molecule has 1 amide bonds. The fourth-order valence-electron chi connectivity index (χ4n) is 1.74. The van der Waals surface area contributed by atoms with Crippen LogP contribution in [0.2, 0.25) is 0 Å². The quantitative estimate of drug-likeness (QED) is 0.736. The molecule has 80 valence electrons. The van der Waals surface area contributed by atoms with Gasteiger partial charge in [0.15, 0.2) is 0 Å². The largest absolute Gasteiger partial charge is 0.352 e. The monoisotopic (exact) mass is 205 g/mol. The highest BCUT2D eigenvalue weighted by atomic mass is 16.1. The number of carbonyl (C=O) groups excluding carboxylic acids is 1. The molecule has 2 rings (SSSR count). The minimum absolute atomic E-state index is 0.0925. The van der Waals surface area contributed by atoms with Crippen LogP contribution in [0, 0.1) is 0 Å². The van der Waals surface area contributed by atoms with E-state index in [4.69, 9.17) is 0 Å². The van der Waals surface area contributed by atoms with Gasteiger partial charge in [0.2, 0.25) is 5.91 Å². The van der Waals surface area contributed by atoms with E-state index >= 15 is 0 Å². The molecule has 0 radical (unpaired) electrons. The van der Waals surface area contributed by atoms with Crippen molar-refractivity contribution >= 4 is 5.91 Å². The third-order valence-corrected chi connectivity index (χ3v) is 2.54. The number of aromatic nitrogens is 1. The Labute approximate surface area is 89.1 Å². The number of hydrogen-bond donors (Lipinski definition) is 2. The number of nitrogens with zero attached hydrogens (tertiary/aromatic N) is 1. The molecule has 1 aliphatic heterocycles. The lowest BCUT2D eigenvalue weighted by Gasteiger charge is -2.10. The highest BCUT2D eigenvalue weighted by molar-refractivity contribution is 5.78. The van der Waals surface area contributed by atoms with Crippen LogP contribution >= 0.6 is 0 Å². The van der Waals surface area contributed by atoms with Crippen molar-refractivity contribution < 1.29 is 4.79 Å². The van der Waals surface area contributed by atoms with Gasteiger partial charge >= 0.3 is 0 Å². The summed E-state index contributed by atoms with van der Waals surface area (Å²) in [7, 11) is 0. The minimum Gasteiger partial charge on any atom is -0.352 e. The molecular weight excluding hydrogens is 190 g/mol.